The smallest absolute Gasteiger partial charge is 0.257 e. The molecule has 1 unspecified atom stereocenters. The lowest BCUT2D eigenvalue weighted by atomic mass is 10.1. The molecule has 1 amide bonds. The summed E-state index contributed by atoms with van der Waals surface area (Å²) in [6.07, 6.45) is 4.74. The van der Waals surface area contributed by atoms with E-state index < -0.39 is 0 Å². The highest BCUT2D eigenvalue weighted by Crippen LogP contribution is 2.13. The molecule has 2 rings (SSSR count). The minimum Gasteiger partial charge on any atom is -0.395 e. The summed E-state index contributed by atoms with van der Waals surface area (Å²) in [5.74, 6) is -0.0299. The Morgan fingerprint density at radius 2 is 2.45 bits per heavy atom. The summed E-state index contributed by atoms with van der Waals surface area (Å²) in [6, 6.07) is 0.340. The van der Waals surface area contributed by atoms with Gasteiger partial charge in [0.25, 0.3) is 5.91 Å². The van der Waals surface area contributed by atoms with E-state index in [1.54, 1.807) is 15.8 Å². The van der Waals surface area contributed by atoms with Crippen LogP contribution < -0.4 is 5.32 Å². The lowest BCUT2D eigenvalue weighted by molar-refractivity contribution is 0.0705. The SMILES string of the molecule is CCc1nn(C)cc1C(=O)N(CCO)CC1CCCN1. The molecule has 2 heterocycles. The second-order valence-electron chi connectivity index (χ2n) is 5.28. The molecular formula is C14H24N4O2. The molecule has 0 aliphatic carbocycles. The Morgan fingerprint density at radius 1 is 1.65 bits per heavy atom. The second-order valence-corrected chi connectivity index (χ2v) is 5.28. The number of aryl methyl sites for hydroxylation is 2. The number of hydrogen-bond donors (Lipinski definition) is 2. The van der Waals surface area contributed by atoms with Gasteiger partial charge in [0.05, 0.1) is 17.9 Å². The van der Waals surface area contributed by atoms with Gasteiger partial charge in [-0.15, -0.1) is 0 Å². The fourth-order valence-corrected chi connectivity index (χ4v) is 2.72. The van der Waals surface area contributed by atoms with Crippen LogP contribution in [0.15, 0.2) is 6.20 Å². The van der Waals surface area contributed by atoms with Gasteiger partial charge in [0.15, 0.2) is 0 Å². The van der Waals surface area contributed by atoms with Crippen molar-refractivity contribution in [3.05, 3.63) is 17.5 Å². The highest BCUT2D eigenvalue weighted by atomic mass is 16.3. The molecule has 1 fully saturated rings. The average Bonchev–Trinajstić information content (AvgIpc) is 3.06. The van der Waals surface area contributed by atoms with E-state index in [-0.39, 0.29) is 12.5 Å². The largest absolute Gasteiger partial charge is 0.395 e. The van der Waals surface area contributed by atoms with Crippen LogP contribution in [-0.2, 0) is 13.5 Å². The molecule has 0 radical (unpaired) electrons. The normalized spacial score (nSPS) is 18.4. The molecule has 1 aliphatic rings. The third-order valence-electron chi connectivity index (χ3n) is 3.73. The number of nitrogens with zero attached hydrogens (tertiary/aromatic N) is 3. The first-order valence-electron chi connectivity index (χ1n) is 7.31. The predicted octanol–water partition coefficient (Wildman–Crippen LogP) is 0.169. The quantitative estimate of drug-likeness (QED) is 0.779. The number of carbonyl (C=O) groups is 1. The zero-order valence-electron chi connectivity index (χ0n) is 12.3. The van der Waals surface area contributed by atoms with Crippen LogP contribution in [-0.4, -0.2) is 58.0 Å². The molecule has 0 spiro atoms. The molecule has 0 saturated carbocycles. The first-order chi connectivity index (χ1) is 9.65. The van der Waals surface area contributed by atoms with Gasteiger partial charge in [-0.1, -0.05) is 6.92 Å². The van der Waals surface area contributed by atoms with Crippen LogP contribution in [0.3, 0.4) is 0 Å². The summed E-state index contributed by atoms with van der Waals surface area (Å²) >= 11 is 0. The molecule has 6 nitrogen and oxygen atoms in total. The van der Waals surface area contributed by atoms with Crippen LogP contribution in [0.1, 0.15) is 35.8 Å². The number of carbonyl (C=O) groups excluding carboxylic acids is 1. The van der Waals surface area contributed by atoms with Crippen molar-refractivity contribution in [1.29, 1.82) is 0 Å². The Bertz CT molecular complexity index is 452. The maximum atomic E-state index is 12.6. The third-order valence-corrected chi connectivity index (χ3v) is 3.73. The zero-order valence-corrected chi connectivity index (χ0v) is 12.3. The highest BCUT2D eigenvalue weighted by Gasteiger charge is 2.24. The van der Waals surface area contributed by atoms with Crippen molar-refractivity contribution in [2.45, 2.75) is 32.2 Å². The Kier molecular flexibility index (Phi) is 5.14. The van der Waals surface area contributed by atoms with Gasteiger partial charge in [-0.3, -0.25) is 9.48 Å². The predicted molar refractivity (Wildman–Crippen MR) is 76.6 cm³/mol. The lowest BCUT2D eigenvalue weighted by Gasteiger charge is -2.25. The molecular weight excluding hydrogens is 256 g/mol. The topological polar surface area (TPSA) is 70.4 Å². The molecule has 0 aromatic carbocycles. The number of rotatable bonds is 6. The van der Waals surface area contributed by atoms with Gasteiger partial charge in [-0.2, -0.15) is 5.10 Å². The van der Waals surface area contributed by atoms with Crippen molar-refractivity contribution in [2.24, 2.45) is 7.05 Å². The molecule has 1 atom stereocenters. The van der Waals surface area contributed by atoms with Crippen LogP contribution in [0.25, 0.3) is 0 Å². The van der Waals surface area contributed by atoms with Gasteiger partial charge in [-0.25, -0.2) is 0 Å². The van der Waals surface area contributed by atoms with Crippen molar-refractivity contribution in [3.63, 3.8) is 0 Å². The van der Waals surface area contributed by atoms with Crippen LogP contribution in [0.2, 0.25) is 0 Å². The highest BCUT2D eigenvalue weighted by molar-refractivity contribution is 5.95. The Labute approximate surface area is 119 Å². The molecule has 1 saturated heterocycles. The van der Waals surface area contributed by atoms with Gasteiger partial charge in [-0.05, 0) is 25.8 Å². The van der Waals surface area contributed by atoms with Gasteiger partial charge in [0.2, 0.25) is 0 Å². The fraction of sp³-hybridized carbons (Fsp3) is 0.714. The minimum absolute atomic E-state index is 0.0137. The lowest BCUT2D eigenvalue weighted by Crippen LogP contribution is -2.42. The third kappa shape index (κ3) is 3.37. The number of hydrogen-bond acceptors (Lipinski definition) is 4. The number of aromatic nitrogens is 2. The first-order valence-corrected chi connectivity index (χ1v) is 7.31. The zero-order chi connectivity index (χ0) is 14.5. The standard InChI is InChI=1S/C14H24N4O2/c1-3-13-12(10-17(2)16-13)14(20)18(7-8-19)9-11-5-4-6-15-11/h10-11,15,19H,3-9H2,1-2H3. The Balaban J connectivity index is 2.12. The van der Waals surface area contributed by atoms with Crippen molar-refractivity contribution >= 4 is 5.91 Å². The molecule has 20 heavy (non-hydrogen) atoms. The van der Waals surface area contributed by atoms with E-state index in [4.69, 9.17) is 0 Å². The van der Waals surface area contributed by atoms with Crippen LogP contribution in [0.4, 0.5) is 0 Å². The maximum Gasteiger partial charge on any atom is 0.257 e. The van der Waals surface area contributed by atoms with Gasteiger partial charge in [0, 0.05) is 32.4 Å². The summed E-state index contributed by atoms with van der Waals surface area (Å²) in [4.78, 5) is 14.4. The molecule has 112 valence electrons. The Hall–Kier alpha value is -1.40. The van der Waals surface area contributed by atoms with Gasteiger partial charge in [0.1, 0.15) is 0 Å². The molecule has 0 bridgehead atoms. The van der Waals surface area contributed by atoms with Crippen LogP contribution in [0, 0.1) is 0 Å². The van der Waals surface area contributed by atoms with Crippen molar-refractivity contribution < 1.29 is 9.90 Å². The number of amides is 1. The molecule has 1 aromatic rings. The number of aliphatic hydroxyl groups is 1. The minimum atomic E-state index is -0.0299. The van der Waals surface area contributed by atoms with E-state index in [1.807, 2.05) is 14.0 Å². The van der Waals surface area contributed by atoms with E-state index >= 15 is 0 Å². The number of aliphatic hydroxyl groups excluding tert-OH is 1. The first kappa shape index (κ1) is 15.0. The summed E-state index contributed by atoms with van der Waals surface area (Å²) in [6.45, 7) is 4.01. The van der Waals surface area contributed by atoms with E-state index in [0.717, 1.165) is 31.5 Å². The molecule has 6 heteroatoms. The van der Waals surface area contributed by atoms with Crippen molar-refractivity contribution in [1.82, 2.24) is 20.0 Å². The summed E-state index contributed by atoms with van der Waals surface area (Å²) in [5, 5.41) is 16.9. The summed E-state index contributed by atoms with van der Waals surface area (Å²) < 4.78 is 1.68. The number of nitrogens with one attached hydrogen (secondary N) is 1. The van der Waals surface area contributed by atoms with Crippen molar-refractivity contribution in [2.75, 3.05) is 26.2 Å². The maximum absolute atomic E-state index is 12.6. The van der Waals surface area contributed by atoms with E-state index in [9.17, 15) is 9.90 Å². The molecule has 2 N–H and O–H groups in total. The van der Waals surface area contributed by atoms with Crippen LogP contribution in [0.5, 0.6) is 0 Å². The fourth-order valence-electron chi connectivity index (χ4n) is 2.72. The molecule has 1 aliphatic heterocycles. The second kappa shape index (κ2) is 6.85. The monoisotopic (exact) mass is 280 g/mol. The molecule has 1 aromatic heterocycles. The van der Waals surface area contributed by atoms with E-state index in [2.05, 4.69) is 10.4 Å². The summed E-state index contributed by atoms with van der Waals surface area (Å²) in [7, 11) is 1.82. The van der Waals surface area contributed by atoms with E-state index in [1.165, 1.54) is 0 Å². The van der Waals surface area contributed by atoms with Gasteiger partial charge >= 0.3 is 0 Å². The van der Waals surface area contributed by atoms with Gasteiger partial charge < -0.3 is 15.3 Å². The van der Waals surface area contributed by atoms with Crippen LogP contribution >= 0.6 is 0 Å². The van der Waals surface area contributed by atoms with E-state index in [0.29, 0.717) is 24.7 Å². The van der Waals surface area contributed by atoms with Crippen molar-refractivity contribution in [3.8, 4) is 0 Å². The Morgan fingerprint density at radius 3 is 3.05 bits per heavy atom. The summed E-state index contributed by atoms with van der Waals surface area (Å²) in [5.41, 5.74) is 1.47. The average molecular weight is 280 g/mol.